The molecule has 19 heavy (non-hydrogen) atoms. The normalized spacial score (nSPS) is 9.68. The molecule has 0 N–H and O–H groups in total. The molecule has 0 fully saturated rings. The van der Waals surface area contributed by atoms with Gasteiger partial charge in [-0.3, -0.25) is 10.1 Å². The highest BCUT2D eigenvalue weighted by atomic mass is 16.6. The van der Waals surface area contributed by atoms with Crippen molar-refractivity contribution in [3.63, 3.8) is 0 Å². The van der Waals surface area contributed by atoms with Gasteiger partial charge in [-0.05, 0) is 24.6 Å². The van der Waals surface area contributed by atoms with Crippen molar-refractivity contribution >= 4 is 5.69 Å². The molecule has 0 atom stereocenters. The van der Waals surface area contributed by atoms with Crippen LogP contribution in [0.2, 0.25) is 0 Å². The first-order valence-electron chi connectivity index (χ1n) is 5.40. The molecule has 0 spiro atoms. The third kappa shape index (κ3) is 2.50. The smallest absolute Gasteiger partial charge is 0.311 e. The Hall–Kier alpha value is -2.94. The van der Waals surface area contributed by atoms with Crippen molar-refractivity contribution in [1.82, 2.24) is 4.98 Å². The monoisotopic (exact) mass is 255 g/mol. The van der Waals surface area contributed by atoms with Crippen LogP contribution in [-0.2, 0) is 0 Å². The number of pyridine rings is 1. The van der Waals surface area contributed by atoms with Crippen molar-refractivity contribution in [2.45, 2.75) is 6.92 Å². The summed E-state index contributed by atoms with van der Waals surface area (Å²) < 4.78 is 5.50. The average molecular weight is 255 g/mol. The Bertz CT molecular complexity index is 677. The SMILES string of the molecule is Cc1cccc([N+](=O)[O-])c1Oc1cccnc1C#N. The van der Waals surface area contributed by atoms with E-state index in [-0.39, 0.29) is 22.9 Å². The fourth-order valence-electron chi connectivity index (χ4n) is 1.58. The molecule has 0 amide bonds. The Morgan fingerprint density at radius 3 is 2.84 bits per heavy atom. The maximum atomic E-state index is 11.0. The molecule has 0 aliphatic heterocycles. The van der Waals surface area contributed by atoms with Gasteiger partial charge in [0, 0.05) is 12.3 Å². The molecule has 0 bridgehead atoms. The number of benzene rings is 1. The fourth-order valence-corrected chi connectivity index (χ4v) is 1.58. The Balaban J connectivity index is 2.50. The van der Waals surface area contributed by atoms with Crippen LogP contribution < -0.4 is 4.74 Å². The van der Waals surface area contributed by atoms with E-state index in [0.717, 1.165) is 0 Å². The number of nitrogens with zero attached hydrogens (tertiary/aromatic N) is 3. The van der Waals surface area contributed by atoms with Gasteiger partial charge in [-0.1, -0.05) is 12.1 Å². The lowest BCUT2D eigenvalue weighted by Gasteiger charge is -2.09. The van der Waals surface area contributed by atoms with Crippen LogP contribution in [0.1, 0.15) is 11.3 Å². The second-order valence-electron chi connectivity index (χ2n) is 3.74. The van der Waals surface area contributed by atoms with Gasteiger partial charge in [0.15, 0.2) is 11.4 Å². The number of aryl methyl sites for hydroxylation is 1. The topological polar surface area (TPSA) is 89.1 Å². The number of hydrogen-bond acceptors (Lipinski definition) is 5. The minimum Gasteiger partial charge on any atom is -0.447 e. The molecule has 1 aromatic heterocycles. The van der Waals surface area contributed by atoms with Gasteiger partial charge in [0.2, 0.25) is 5.75 Å². The van der Waals surface area contributed by atoms with Gasteiger partial charge in [-0.15, -0.1) is 0 Å². The first-order valence-corrected chi connectivity index (χ1v) is 5.40. The zero-order valence-electron chi connectivity index (χ0n) is 10.0. The molecule has 0 aliphatic rings. The van der Waals surface area contributed by atoms with E-state index in [1.54, 1.807) is 31.2 Å². The van der Waals surface area contributed by atoms with Crippen LogP contribution in [0, 0.1) is 28.4 Å². The molecule has 0 saturated carbocycles. The summed E-state index contributed by atoms with van der Waals surface area (Å²) in [5.74, 6) is 0.319. The first-order chi connectivity index (χ1) is 9.13. The average Bonchev–Trinajstić information content (AvgIpc) is 2.41. The molecule has 94 valence electrons. The van der Waals surface area contributed by atoms with Gasteiger partial charge in [0.1, 0.15) is 6.07 Å². The summed E-state index contributed by atoms with van der Waals surface area (Å²) in [5.41, 5.74) is 0.551. The van der Waals surface area contributed by atoms with E-state index in [0.29, 0.717) is 5.56 Å². The zero-order valence-corrected chi connectivity index (χ0v) is 10.0. The number of aromatic nitrogens is 1. The number of nitriles is 1. The standard InChI is InChI=1S/C13H9N3O3/c1-9-4-2-5-11(16(17)18)13(9)19-12-6-3-7-15-10(12)8-14/h2-7H,1H3. The fraction of sp³-hybridized carbons (Fsp3) is 0.0769. The van der Waals surface area contributed by atoms with E-state index in [2.05, 4.69) is 4.98 Å². The minimum absolute atomic E-state index is 0.0834. The minimum atomic E-state index is -0.523. The van der Waals surface area contributed by atoms with Crippen molar-refractivity contribution in [2.24, 2.45) is 0 Å². The maximum Gasteiger partial charge on any atom is 0.311 e. The molecule has 6 heteroatoms. The van der Waals surface area contributed by atoms with Gasteiger partial charge >= 0.3 is 5.69 Å². The lowest BCUT2D eigenvalue weighted by Crippen LogP contribution is -1.97. The highest BCUT2D eigenvalue weighted by Gasteiger charge is 2.19. The third-order valence-corrected chi connectivity index (χ3v) is 2.48. The van der Waals surface area contributed by atoms with Crippen molar-refractivity contribution in [2.75, 3.05) is 0 Å². The van der Waals surface area contributed by atoms with Crippen molar-refractivity contribution in [3.8, 4) is 17.6 Å². The van der Waals surface area contributed by atoms with Crippen molar-refractivity contribution in [3.05, 3.63) is 57.9 Å². The summed E-state index contributed by atoms with van der Waals surface area (Å²) in [6.07, 6.45) is 1.46. The molecule has 0 unspecified atom stereocenters. The Morgan fingerprint density at radius 1 is 1.37 bits per heavy atom. The lowest BCUT2D eigenvalue weighted by atomic mass is 10.2. The van der Waals surface area contributed by atoms with Crippen molar-refractivity contribution < 1.29 is 9.66 Å². The molecule has 2 rings (SSSR count). The van der Waals surface area contributed by atoms with Crippen LogP contribution in [0.5, 0.6) is 11.5 Å². The number of para-hydroxylation sites is 1. The number of hydrogen-bond donors (Lipinski definition) is 0. The van der Waals surface area contributed by atoms with Gasteiger partial charge in [-0.2, -0.15) is 5.26 Å². The van der Waals surface area contributed by atoms with Crippen LogP contribution >= 0.6 is 0 Å². The molecule has 6 nitrogen and oxygen atoms in total. The van der Waals surface area contributed by atoms with Crippen LogP contribution in [0.15, 0.2) is 36.5 Å². The zero-order chi connectivity index (χ0) is 13.8. The number of nitro benzene ring substituents is 1. The van der Waals surface area contributed by atoms with Gasteiger partial charge in [-0.25, -0.2) is 4.98 Å². The summed E-state index contributed by atoms with van der Waals surface area (Å²) in [6.45, 7) is 1.70. The van der Waals surface area contributed by atoms with E-state index in [1.165, 1.54) is 12.3 Å². The Labute approximate surface area is 109 Å². The third-order valence-electron chi connectivity index (χ3n) is 2.48. The Kier molecular flexibility index (Phi) is 3.39. The Morgan fingerprint density at radius 2 is 2.16 bits per heavy atom. The number of nitro groups is 1. The maximum absolute atomic E-state index is 11.0. The second-order valence-corrected chi connectivity index (χ2v) is 3.74. The molecule has 0 aliphatic carbocycles. The van der Waals surface area contributed by atoms with Crippen LogP contribution in [-0.4, -0.2) is 9.91 Å². The van der Waals surface area contributed by atoms with Gasteiger partial charge in [0.25, 0.3) is 0 Å². The summed E-state index contributed by atoms with van der Waals surface area (Å²) >= 11 is 0. The van der Waals surface area contributed by atoms with E-state index >= 15 is 0 Å². The van der Waals surface area contributed by atoms with Crippen LogP contribution in [0.4, 0.5) is 5.69 Å². The van der Waals surface area contributed by atoms with Gasteiger partial charge < -0.3 is 4.74 Å². The molecule has 1 heterocycles. The highest BCUT2D eigenvalue weighted by Crippen LogP contribution is 2.34. The first kappa shape index (κ1) is 12.5. The summed E-state index contributed by atoms with van der Waals surface area (Å²) in [4.78, 5) is 14.3. The molecular formula is C13H9N3O3. The predicted molar refractivity (Wildman–Crippen MR) is 66.9 cm³/mol. The lowest BCUT2D eigenvalue weighted by molar-refractivity contribution is -0.385. The quantitative estimate of drug-likeness (QED) is 0.621. The number of rotatable bonds is 3. The summed E-state index contributed by atoms with van der Waals surface area (Å²) in [5, 5.41) is 19.9. The largest absolute Gasteiger partial charge is 0.447 e. The van der Waals surface area contributed by atoms with E-state index in [4.69, 9.17) is 10.00 Å². The highest BCUT2D eigenvalue weighted by molar-refractivity contribution is 5.54. The molecule has 2 aromatic rings. The second kappa shape index (κ2) is 5.14. The predicted octanol–water partition coefficient (Wildman–Crippen LogP) is 2.96. The summed E-state index contributed by atoms with van der Waals surface area (Å²) in [6, 6.07) is 9.65. The van der Waals surface area contributed by atoms with Crippen LogP contribution in [0.25, 0.3) is 0 Å². The molecule has 1 aromatic carbocycles. The molecular weight excluding hydrogens is 246 g/mol. The van der Waals surface area contributed by atoms with E-state index in [9.17, 15) is 10.1 Å². The summed E-state index contributed by atoms with van der Waals surface area (Å²) in [7, 11) is 0. The molecule has 0 saturated heterocycles. The number of ether oxygens (including phenoxy) is 1. The van der Waals surface area contributed by atoms with E-state index in [1.807, 2.05) is 6.07 Å². The molecule has 0 radical (unpaired) electrons. The van der Waals surface area contributed by atoms with Crippen molar-refractivity contribution in [1.29, 1.82) is 5.26 Å². The van der Waals surface area contributed by atoms with Crippen LogP contribution in [0.3, 0.4) is 0 Å². The van der Waals surface area contributed by atoms with E-state index < -0.39 is 4.92 Å². The van der Waals surface area contributed by atoms with Gasteiger partial charge in [0.05, 0.1) is 4.92 Å².